The molecule has 0 unspecified atom stereocenters. The van der Waals surface area contributed by atoms with Gasteiger partial charge < -0.3 is 5.73 Å². The first-order valence-corrected chi connectivity index (χ1v) is 6.27. The molecule has 6 heteroatoms. The van der Waals surface area contributed by atoms with Crippen LogP contribution in [0.5, 0.6) is 0 Å². The van der Waals surface area contributed by atoms with E-state index >= 15 is 0 Å². The Hall–Kier alpha value is -2.60. The number of benzene rings is 1. The minimum Gasteiger partial charge on any atom is -0.329 e. The molecule has 0 saturated heterocycles. The number of carbonyl (C=O) groups is 1. The summed E-state index contributed by atoms with van der Waals surface area (Å²) in [6, 6.07) is 7.44. The topological polar surface area (TPSA) is 86.7 Å². The molecule has 0 spiro atoms. The van der Waals surface area contributed by atoms with E-state index in [-0.39, 0.29) is 5.78 Å². The second kappa shape index (κ2) is 5.18. The number of hydrogen-bond donors (Lipinski definition) is 1. The first kappa shape index (κ1) is 12.4. The number of fused-ring (bicyclic) bond motifs is 1. The van der Waals surface area contributed by atoms with Crippen LogP contribution < -0.4 is 5.73 Å². The van der Waals surface area contributed by atoms with E-state index < -0.39 is 0 Å². The van der Waals surface area contributed by atoms with Crippen molar-refractivity contribution in [2.45, 2.75) is 6.54 Å². The minimum atomic E-state index is -0.160. The fourth-order valence-electron chi connectivity index (χ4n) is 2.09. The molecule has 2 heterocycles. The first-order valence-electron chi connectivity index (χ1n) is 6.27. The van der Waals surface area contributed by atoms with Crippen molar-refractivity contribution >= 4 is 16.6 Å². The van der Waals surface area contributed by atoms with Gasteiger partial charge in [0.25, 0.3) is 0 Å². The van der Waals surface area contributed by atoms with E-state index in [0.717, 1.165) is 10.8 Å². The van der Waals surface area contributed by atoms with Gasteiger partial charge in [0, 0.05) is 29.9 Å². The normalized spacial score (nSPS) is 10.8. The fourth-order valence-corrected chi connectivity index (χ4v) is 2.09. The van der Waals surface area contributed by atoms with Crippen LogP contribution in [-0.2, 0) is 6.54 Å². The third-order valence-electron chi connectivity index (χ3n) is 3.06. The largest absolute Gasteiger partial charge is 0.329 e. The standard InChI is InChI=1S/C14H13N5O/c15-5-7-19-9-13(17-18-19)14(20)11-3-1-2-10-4-6-16-8-12(10)11/h1-4,6,8-9H,5,7,15H2. The van der Waals surface area contributed by atoms with Gasteiger partial charge in [-0.25, -0.2) is 0 Å². The molecule has 0 aliphatic heterocycles. The number of rotatable bonds is 4. The molecule has 0 atom stereocenters. The molecule has 100 valence electrons. The molecule has 0 aliphatic carbocycles. The average molecular weight is 267 g/mol. The molecule has 2 N–H and O–H groups in total. The highest BCUT2D eigenvalue weighted by atomic mass is 16.1. The third-order valence-corrected chi connectivity index (χ3v) is 3.06. The molecular formula is C14H13N5O. The second-order valence-corrected chi connectivity index (χ2v) is 4.39. The molecule has 20 heavy (non-hydrogen) atoms. The summed E-state index contributed by atoms with van der Waals surface area (Å²) in [5.41, 5.74) is 6.34. The van der Waals surface area contributed by atoms with Gasteiger partial charge in [0.15, 0.2) is 5.69 Å². The lowest BCUT2D eigenvalue weighted by Gasteiger charge is -2.02. The van der Waals surface area contributed by atoms with Crippen molar-refractivity contribution in [3.8, 4) is 0 Å². The average Bonchev–Trinajstić information content (AvgIpc) is 2.95. The fraction of sp³-hybridized carbons (Fsp3) is 0.143. The molecule has 0 aliphatic rings. The summed E-state index contributed by atoms with van der Waals surface area (Å²) in [6.07, 6.45) is 5.01. The lowest BCUT2D eigenvalue weighted by atomic mass is 10.0. The summed E-state index contributed by atoms with van der Waals surface area (Å²) in [4.78, 5) is 16.6. The zero-order valence-electron chi connectivity index (χ0n) is 10.7. The number of aromatic nitrogens is 4. The van der Waals surface area contributed by atoms with E-state index in [2.05, 4.69) is 15.3 Å². The molecule has 0 radical (unpaired) electrons. The van der Waals surface area contributed by atoms with Gasteiger partial charge in [-0.15, -0.1) is 5.10 Å². The Bertz CT molecular complexity index is 760. The second-order valence-electron chi connectivity index (χ2n) is 4.39. The minimum absolute atomic E-state index is 0.160. The smallest absolute Gasteiger partial charge is 0.215 e. The lowest BCUT2D eigenvalue weighted by molar-refractivity contribution is 0.103. The molecule has 1 aromatic carbocycles. The van der Waals surface area contributed by atoms with Gasteiger partial charge in [0.1, 0.15) is 0 Å². The van der Waals surface area contributed by atoms with Crippen LogP contribution >= 0.6 is 0 Å². The molecule has 0 fully saturated rings. The molecule has 0 saturated carbocycles. The summed E-state index contributed by atoms with van der Waals surface area (Å²) in [6.45, 7) is 0.993. The lowest BCUT2D eigenvalue weighted by Crippen LogP contribution is -2.10. The number of nitrogens with zero attached hydrogens (tertiary/aromatic N) is 4. The van der Waals surface area contributed by atoms with E-state index in [1.54, 1.807) is 29.3 Å². The number of carbonyl (C=O) groups excluding carboxylic acids is 1. The molecule has 3 aromatic rings. The Morgan fingerprint density at radius 3 is 3.05 bits per heavy atom. The van der Waals surface area contributed by atoms with Crippen molar-refractivity contribution in [1.82, 2.24) is 20.0 Å². The maximum absolute atomic E-state index is 12.5. The van der Waals surface area contributed by atoms with Crippen LogP contribution in [-0.4, -0.2) is 32.3 Å². The van der Waals surface area contributed by atoms with E-state index in [0.29, 0.717) is 24.3 Å². The molecule has 6 nitrogen and oxygen atoms in total. The Morgan fingerprint density at radius 2 is 2.20 bits per heavy atom. The Labute approximate surface area is 115 Å². The molecular weight excluding hydrogens is 254 g/mol. The van der Waals surface area contributed by atoms with E-state index in [4.69, 9.17) is 5.73 Å². The highest BCUT2D eigenvalue weighted by Gasteiger charge is 2.15. The number of pyridine rings is 1. The Morgan fingerprint density at radius 1 is 1.30 bits per heavy atom. The first-order chi connectivity index (χ1) is 9.79. The highest BCUT2D eigenvalue weighted by Crippen LogP contribution is 2.19. The Kier molecular flexibility index (Phi) is 3.22. The van der Waals surface area contributed by atoms with Crippen molar-refractivity contribution in [2.24, 2.45) is 5.73 Å². The van der Waals surface area contributed by atoms with Gasteiger partial charge in [-0.3, -0.25) is 14.5 Å². The zero-order chi connectivity index (χ0) is 13.9. The van der Waals surface area contributed by atoms with Crippen LogP contribution in [0.3, 0.4) is 0 Å². The van der Waals surface area contributed by atoms with Crippen LogP contribution in [0.2, 0.25) is 0 Å². The van der Waals surface area contributed by atoms with Gasteiger partial charge in [-0.05, 0) is 11.5 Å². The monoisotopic (exact) mass is 267 g/mol. The van der Waals surface area contributed by atoms with Crippen molar-refractivity contribution in [3.63, 3.8) is 0 Å². The van der Waals surface area contributed by atoms with Crippen molar-refractivity contribution in [2.75, 3.05) is 6.54 Å². The van der Waals surface area contributed by atoms with Crippen LogP contribution in [0.4, 0.5) is 0 Å². The van der Waals surface area contributed by atoms with Crippen molar-refractivity contribution in [1.29, 1.82) is 0 Å². The summed E-state index contributed by atoms with van der Waals surface area (Å²) >= 11 is 0. The molecule has 0 amide bonds. The van der Waals surface area contributed by atoms with Crippen LogP contribution in [0.15, 0.2) is 42.9 Å². The molecule has 3 rings (SSSR count). The SMILES string of the molecule is NCCn1cc(C(=O)c2cccc3ccncc23)nn1. The van der Waals surface area contributed by atoms with E-state index in [1.165, 1.54) is 0 Å². The van der Waals surface area contributed by atoms with Gasteiger partial charge in [-0.2, -0.15) is 0 Å². The number of ketones is 1. The predicted octanol–water partition coefficient (Wildman–Crippen LogP) is 1.02. The summed E-state index contributed by atoms with van der Waals surface area (Å²) in [7, 11) is 0. The predicted molar refractivity (Wildman–Crippen MR) is 74.3 cm³/mol. The van der Waals surface area contributed by atoms with Gasteiger partial charge >= 0.3 is 0 Å². The maximum Gasteiger partial charge on any atom is 0.215 e. The third kappa shape index (κ3) is 2.17. The van der Waals surface area contributed by atoms with E-state index in [1.807, 2.05) is 18.2 Å². The molecule has 0 bridgehead atoms. The summed E-state index contributed by atoms with van der Waals surface area (Å²) < 4.78 is 1.57. The van der Waals surface area contributed by atoms with Gasteiger partial charge in [0.05, 0.1) is 12.7 Å². The Balaban J connectivity index is 2.03. The van der Waals surface area contributed by atoms with Crippen LogP contribution in [0.1, 0.15) is 16.1 Å². The van der Waals surface area contributed by atoms with Crippen LogP contribution in [0.25, 0.3) is 10.8 Å². The van der Waals surface area contributed by atoms with Crippen molar-refractivity contribution < 1.29 is 4.79 Å². The summed E-state index contributed by atoms with van der Waals surface area (Å²) in [5, 5.41) is 9.57. The summed E-state index contributed by atoms with van der Waals surface area (Å²) in [5.74, 6) is -0.160. The quantitative estimate of drug-likeness (QED) is 0.713. The van der Waals surface area contributed by atoms with E-state index in [9.17, 15) is 4.79 Å². The zero-order valence-corrected chi connectivity index (χ0v) is 10.7. The highest BCUT2D eigenvalue weighted by molar-refractivity contribution is 6.15. The van der Waals surface area contributed by atoms with Crippen molar-refractivity contribution in [3.05, 3.63) is 54.1 Å². The maximum atomic E-state index is 12.5. The van der Waals surface area contributed by atoms with Crippen LogP contribution in [0, 0.1) is 0 Å². The number of nitrogens with two attached hydrogens (primary N) is 1. The molecule has 2 aromatic heterocycles. The van der Waals surface area contributed by atoms with Gasteiger partial charge in [-0.1, -0.05) is 23.4 Å². The van der Waals surface area contributed by atoms with Gasteiger partial charge in [0.2, 0.25) is 5.78 Å². The number of hydrogen-bond acceptors (Lipinski definition) is 5.